The highest BCUT2D eigenvalue weighted by atomic mass is 19.1. The van der Waals surface area contributed by atoms with Crippen molar-refractivity contribution in [3.63, 3.8) is 0 Å². The summed E-state index contributed by atoms with van der Waals surface area (Å²) in [6.45, 7) is 3.20. The van der Waals surface area contributed by atoms with Crippen molar-refractivity contribution in [2.75, 3.05) is 43.2 Å². The smallest absolute Gasteiger partial charge is 0.414 e. The Morgan fingerprint density at radius 3 is 2.84 bits per heavy atom. The number of methoxy groups -OCH3 is 1. The molecular formula is C21H22FN5O5. The van der Waals surface area contributed by atoms with Gasteiger partial charge in [0.2, 0.25) is 0 Å². The van der Waals surface area contributed by atoms with Gasteiger partial charge in [0, 0.05) is 17.3 Å². The Morgan fingerprint density at radius 2 is 2.16 bits per heavy atom. The predicted octanol–water partition coefficient (Wildman–Crippen LogP) is 2.74. The van der Waals surface area contributed by atoms with Gasteiger partial charge in [0.05, 0.1) is 32.4 Å². The molecule has 3 heterocycles. The fourth-order valence-corrected chi connectivity index (χ4v) is 3.48. The number of halogens is 1. The number of alkyl carbamates (subject to hydrolysis) is 1. The van der Waals surface area contributed by atoms with Gasteiger partial charge in [0.1, 0.15) is 30.2 Å². The predicted molar refractivity (Wildman–Crippen MR) is 114 cm³/mol. The molecule has 10 nitrogen and oxygen atoms in total. The summed E-state index contributed by atoms with van der Waals surface area (Å²) < 4.78 is 24.6. The van der Waals surface area contributed by atoms with Gasteiger partial charge in [-0.15, -0.1) is 0 Å². The second-order valence-corrected chi connectivity index (χ2v) is 7.18. The van der Waals surface area contributed by atoms with Crippen molar-refractivity contribution in [3.8, 4) is 11.1 Å². The summed E-state index contributed by atoms with van der Waals surface area (Å²) in [5.74, 6) is 0.900. The SMILES string of the molecule is COC(=O)NCC1CN(c2ccc(-c3ccc(N4CCON=C4C)nc3)c(F)c2)C(=O)O1. The lowest BCUT2D eigenvalue weighted by molar-refractivity contribution is 0.132. The number of anilines is 2. The third kappa shape index (κ3) is 4.41. The van der Waals surface area contributed by atoms with Gasteiger partial charge in [-0.05, 0) is 37.3 Å². The first-order valence-electron chi connectivity index (χ1n) is 9.96. The molecule has 11 heteroatoms. The number of carbonyl (C=O) groups excluding carboxylic acids is 2. The zero-order chi connectivity index (χ0) is 22.7. The van der Waals surface area contributed by atoms with E-state index < -0.39 is 24.1 Å². The maximum absolute atomic E-state index is 14.9. The lowest BCUT2D eigenvalue weighted by atomic mass is 10.1. The number of hydrogen-bond donors (Lipinski definition) is 1. The maximum atomic E-state index is 14.9. The maximum Gasteiger partial charge on any atom is 0.414 e. The van der Waals surface area contributed by atoms with E-state index in [0.29, 0.717) is 41.6 Å². The molecule has 0 saturated carbocycles. The van der Waals surface area contributed by atoms with E-state index in [2.05, 4.69) is 20.2 Å². The van der Waals surface area contributed by atoms with Crippen molar-refractivity contribution in [1.82, 2.24) is 10.3 Å². The minimum absolute atomic E-state index is 0.0980. The van der Waals surface area contributed by atoms with Gasteiger partial charge >= 0.3 is 12.2 Å². The van der Waals surface area contributed by atoms with Gasteiger partial charge < -0.3 is 24.5 Å². The van der Waals surface area contributed by atoms with Crippen molar-refractivity contribution in [3.05, 3.63) is 42.3 Å². The highest BCUT2D eigenvalue weighted by Gasteiger charge is 2.33. The Hall–Kier alpha value is -3.89. The molecule has 2 aliphatic rings. The van der Waals surface area contributed by atoms with Crippen LogP contribution in [0.4, 0.5) is 25.5 Å². The summed E-state index contributed by atoms with van der Waals surface area (Å²) in [5.41, 5.74) is 1.32. The Morgan fingerprint density at radius 1 is 1.31 bits per heavy atom. The summed E-state index contributed by atoms with van der Waals surface area (Å²) in [6, 6.07) is 8.09. The van der Waals surface area contributed by atoms with Crippen molar-refractivity contribution in [1.29, 1.82) is 0 Å². The Labute approximate surface area is 183 Å². The van der Waals surface area contributed by atoms with E-state index in [-0.39, 0.29) is 13.1 Å². The van der Waals surface area contributed by atoms with Crippen molar-refractivity contribution >= 4 is 29.5 Å². The minimum Gasteiger partial charge on any atom is -0.453 e. The molecule has 0 bridgehead atoms. The number of cyclic esters (lactones) is 1. The first-order valence-corrected chi connectivity index (χ1v) is 9.96. The molecule has 0 spiro atoms. The molecule has 1 saturated heterocycles. The van der Waals surface area contributed by atoms with Crippen LogP contribution in [0.5, 0.6) is 0 Å². The normalized spacial score (nSPS) is 18.0. The lowest BCUT2D eigenvalue weighted by Gasteiger charge is -2.25. The molecule has 2 amide bonds. The number of aromatic nitrogens is 1. The van der Waals surface area contributed by atoms with E-state index in [9.17, 15) is 14.0 Å². The van der Waals surface area contributed by atoms with Gasteiger partial charge in [0.15, 0.2) is 0 Å². The highest BCUT2D eigenvalue weighted by Crippen LogP contribution is 2.29. The molecule has 0 aliphatic carbocycles. The second-order valence-electron chi connectivity index (χ2n) is 7.18. The van der Waals surface area contributed by atoms with E-state index >= 15 is 0 Å². The van der Waals surface area contributed by atoms with Crippen molar-refractivity contribution < 1.29 is 28.3 Å². The zero-order valence-electron chi connectivity index (χ0n) is 17.6. The molecule has 168 valence electrons. The molecule has 0 radical (unpaired) electrons. The van der Waals surface area contributed by atoms with E-state index in [1.807, 2.05) is 11.8 Å². The quantitative estimate of drug-likeness (QED) is 0.757. The van der Waals surface area contributed by atoms with E-state index in [1.54, 1.807) is 30.5 Å². The van der Waals surface area contributed by atoms with Gasteiger partial charge in [-0.2, -0.15) is 0 Å². The number of nitrogens with zero attached hydrogens (tertiary/aromatic N) is 4. The second kappa shape index (κ2) is 9.08. The summed E-state index contributed by atoms with van der Waals surface area (Å²) in [5, 5.41) is 6.41. The molecule has 1 atom stereocenters. The van der Waals surface area contributed by atoms with Crippen LogP contribution in [0.3, 0.4) is 0 Å². The zero-order valence-corrected chi connectivity index (χ0v) is 17.6. The van der Waals surface area contributed by atoms with Crippen molar-refractivity contribution in [2.24, 2.45) is 5.16 Å². The molecule has 32 heavy (non-hydrogen) atoms. The van der Waals surface area contributed by atoms with Crippen LogP contribution in [0.1, 0.15) is 6.92 Å². The number of carbonyl (C=O) groups is 2. The number of oxime groups is 1. The largest absolute Gasteiger partial charge is 0.453 e. The third-order valence-electron chi connectivity index (χ3n) is 5.13. The number of ether oxygens (including phenoxy) is 2. The van der Waals surface area contributed by atoms with Crippen LogP contribution in [0.2, 0.25) is 0 Å². The van der Waals surface area contributed by atoms with Gasteiger partial charge in [0.25, 0.3) is 0 Å². The fraction of sp³-hybridized carbons (Fsp3) is 0.333. The van der Waals surface area contributed by atoms with Crippen LogP contribution in [0, 0.1) is 5.82 Å². The molecule has 1 aromatic carbocycles. The van der Waals surface area contributed by atoms with Gasteiger partial charge in [-0.25, -0.2) is 19.0 Å². The summed E-state index contributed by atoms with van der Waals surface area (Å²) in [7, 11) is 1.24. The molecule has 4 rings (SSSR count). The molecular weight excluding hydrogens is 421 g/mol. The Balaban J connectivity index is 1.46. The Bertz CT molecular complexity index is 1050. The molecule has 1 unspecified atom stereocenters. The molecule has 1 N–H and O–H groups in total. The van der Waals surface area contributed by atoms with Gasteiger partial charge in [-0.1, -0.05) is 5.16 Å². The van der Waals surface area contributed by atoms with Crippen LogP contribution in [-0.4, -0.2) is 62.5 Å². The molecule has 1 aromatic heterocycles. The fourth-order valence-electron chi connectivity index (χ4n) is 3.48. The minimum atomic E-state index is -0.620. The number of nitrogens with one attached hydrogen (secondary N) is 1. The standard InChI is InChI=1S/C21H22FN5O5/c1-13-25-31-8-7-26(13)19-6-3-14(10-23-19)17-5-4-15(9-18(17)22)27-12-16(32-21(27)29)11-24-20(28)30-2/h3-6,9-10,16H,7-8,11-12H2,1-2H3,(H,24,28). The number of pyridine rings is 1. The third-order valence-corrected chi connectivity index (χ3v) is 5.13. The molecule has 2 aromatic rings. The number of amidine groups is 1. The van der Waals surface area contributed by atoms with Crippen LogP contribution in [0.15, 0.2) is 41.7 Å². The number of amides is 2. The van der Waals surface area contributed by atoms with Crippen LogP contribution in [0.25, 0.3) is 11.1 Å². The molecule has 2 aliphatic heterocycles. The monoisotopic (exact) mass is 443 g/mol. The molecule has 1 fully saturated rings. The Kier molecular flexibility index (Phi) is 6.06. The number of benzene rings is 1. The average Bonchev–Trinajstić information content (AvgIpc) is 3.18. The number of rotatable bonds is 5. The van der Waals surface area contributed by atoms with E-state index in [1.165, 1.54) is 18.1 Å². The average molecular weight is 443 g/mol. The topological polar surface area (TPSA) is 106 Å². The lowest BCUT2D eigenvalue weighted by Crippen LogP contribution is -2.36. The van der Waals surface area contributed by atoms with Gasteiger partial charge in [-0.3, -0.25) is 4.90 Å². The number of hydrogen-bond acceptors (Lipinski definition) is 8. The summed E-state index contributed by atoms with van der Waals surface area (Å²) in [6.07, 6.45) is -0.198. The first-order chi connectivity index (χ1) is 15.5. The van der Waals surface area contributed by atoms with Crippen molar-refractivity contribution in [2.45, 2.75) is 13.0 Å². The van der Waals surface area contributed by atoms with Crippen LogP contribution >= 0.6 is 0 Å². The van der Waals surface area contributed by atoms with Crippen LogP contribution < -0.4 is 15.1 Å². The highest BCUT2D eigenvalue weighted by molar-refractivity contribution is 5.95. The van der Waals surface area contributed by atoms with E-state index in [4.69, 9.17) is 9.57 Å². The van der Waals surface area contributed by atoms with E-state index in [0.717, 1.165) is 0 Å². The summed E-state index contributed by atoms with van der Waals surface area (Å²) in [4.78, 5) is 36.1. The first kappa shape index (κ1) is 21.3. The summed E-state index contributed by atoms with van der Waals surface area (Å²) >= 11 is 0. The van der Waals surface area contributed by atoms with Crippen LogP contribution in [-0.2, 0) is 14.3 Å².